The van der Waals surface area contributed by atoms with Gasteiger partial charge in [-0.1, -0.05) is 12.1 Å². The molecule has 1 amide bonds. The fourth-order valence-corrected chi connectivity index (χ4v) is 3.31. The largest absolute Gasteiger partial charge is 0.493 e. The summed E-state index contributed by atoms with van der Waals surface area (Å²) in [7, 11) is 3.27. The summed E-state index contributed by atoms with van der Waals surface area (Å²) in [6, 6.07) is 9.63. The zero-order chi connectivity index (χ0) is 20.9. The van der Waals surface area contributed by atoms with Gasteiger partial charge in [0, 0.05) is 26.2 Å². The molecule has 0 saturated heterocycles. The van der Waals surface area contributed by atoms with Gasteiger partial charge < -0.3 is 25.4 Å². The first-order valence-electron chi connectivity index (χ1n) is 9.72. The Hall–Kier alpha value is -2.01. The van der Waals surface area contributed by atoms with E-state index >= 15 is 0 Å². The van der Waals surface area contributed by atoms with Crippen LogP contribution in [-0.2, 0) is 6.42 Å². The van der Waals surface area contributed by atoms with Crippen molar-refractivity contribution < 1.29 is 14.3 Å². The smallest absolute Gasteiger partial charge is 0.261 e. The van der Waals surface area contributed by atoms with Gasteiger partial charge in [0.2, 0.25) is 0 Å². The summed E-state index contributed by atoms with van der Waals surface area (Å²) in [5.74, 6) is 2.21. The number of benzene rings is 1. The number of hydrogen-bond donors (Lipinski definition) is 3. The average Bonchev–Trinajstić information content (AvgIpc) is 3.28. The van der Waals surface area contributed by atoms with Gasteiger partial charge in [-0.15, -0.1) is 35.3 Å². The van der Waals surface area contributed by atoms with Gasteiger partial charge in [-0.05, 0) is 48.9 Å². The first-order chi connectivity index (χ1) is 14.2. The summed E-state index contributed by atoms with van der Waals surface area (Å²) in [4.78, 5) is 17.2. The number of rotatable bonds is 11. The van der Waals surface area contributed by atoms with E-state index in [1.165, 1.54) is 11.3 Å². The molecule has 0 spiro atoms. The summed E-state index contributed by atoms with van der Waals surface area (Å²) in [6.07, 6.45) is 1.62. The number of aliphatic imine (C=N–C) groups is 1. The van der Waals surface area contributed by atoms with E-state index in [1.54, 1.807) is 14.2 Å². The highest BCUT2D eigenvalue weighted by Gasteiger charge is 2.06. The molecule has 0 saturated carbocycles. The molecule has 0 bridgehead atoms. The Kier molecular flexibility index (Phi) is 12.9. The molecular formula is C21H31IN4O3S. The van der Waals surface area contributed by atoms with Gasteiger partial charge in [0.25, 0.3) is 5.91 Å². The maximum Gasteiger partial charge on any atom is 0.261 e. The Morgan fingerprint density at radius 3 is 2.53 bits per heavy atom. The van der Waals surface area contributed by atoms with Crippen LogP contribution >= 0.6 is 35.3 Å². The predicted molar refractivity (Wildman–Crippen MR) is 134 cm³/mol. The minimum absolute atomic E-state index is 0. The Bertz CT molecular complexity index is 785. The van der Waals surface area contributed by atoms with E-state index < -0.39 is 0 Å². The summed E-state index contributed by atoms with van der Waals surface area (Å²) in [6.45, 7) is 4.81. The zero-order valence-corrected chi connectivity index (χ0v) is 20.8. The fraction of sp³-hybridized carbons (Fsp3) is 0.429. The number of ether oxygens (including phenoxy) is 2. The van der Waals surface area contributed by atoms with Gasteiger partial charge in [-0.25, -0.2) is 0 Å². The van der Waals surface area contributed by atoms with Crippen LogP contribution in [0.4, 0.5) is 0 Å². The number of carbonyl (C=O) groups excluding carboxylic acids is 1. The van der Waals surface area contributed by atoms with Crippen molar-refractivity contribution in [1.29, 1.82) is 0 Å². The van der Waals surface area contributed by atoms with E-state index in [1.807, 2.05) is 42.6 Å². The SMILES string of the molecule is CCNC(=NCCCNC(=O)c1cccs1)NCCc1ccc(OC)c(OC)c1.I. The van der Waals surface area contributed by atoms with Gasteiger partial charge >= 0.3 is 0 Å². The molecule has 0 aliphatic rings. The van der Waals surface area contributed by atoms with E-state index in [9.17, 15) is 4.79 Å². The molecule has 9 heteroatoms. The highest BCUT2D eigenvalue weighted by molar-refractivity contribution is 14.0. The summed E-state index contributed by atoms with van der Waals surface area (Å²) >= 11 is 1.44. The van der Waals surface area contributed by atoms with E-state index in [-0.39, 0.29) is 29.9 Å². The van der Waals surface area contributed by atoms with Crippen LogP contribution in [0.1, 0.15) is 28.6 Å². The molecule has 2 rings (SSSR count). The van der Waals surface area contributed by atoms with Gasteiger partial charge in [-0.2, -0.15) is 0 Å². The van der Waals surface area contributed by atoms with E-state index in [4.69, 9.17) is 9.47 Å². The number of nitrogens with zero attached hydrogens (tertiary/aromatic N) is 1. The van der Waals surface area contributed by atoms with Crippen molar-refractivity contribution >= 4 is 47.2 Å². The third-order valence-corrected chi connectivity index (χ3v) is 5.00. The zero-order valence-electron chi connectivity index (χ0n) is 17.7. The van der Waals surface area contributed by atoms with E-state index in [0.29, 0.717) is 13.1 Å². The molecule has 0 aliphatic heterocycles. The van der Waals surface area contributed by atoms with Crippen LogP contribution < -0.4 is 25.4 Å². The molecular weight excluding hydrogens is 515 g/mol. The van der Waals surface area contributed by atoms with Crippen LogP contribution in [0.5, 0.6) is 11.5 Å². The third-order valence-electron chi connectivity index (χ3n) is 4.13. The van der Waals surface area contributed by atoms with Crippen molar-refractivity contribution in [2.75, 3.05) is 40.4 Å². The van der Waals surface area contributed by atoms with Crippen LogP contribution in [0.2, 0.25) is 0 Å². The monoisotopic (exact) mass is 546 g/mol. The Labute approximate surface area is 199 Å². The highest BCUT2D eigenvalue weighted by atomic mass is 127. The van der Waals surface area contributed by atoms with Crippen LogP contribution in [0, 0.1) is 0 Å². The number of carbonyl (C=O) groups is 1. The minimum atomic E-state index is -0.0241. The molecule has 1 aromatic carbocycles. The Morgan fingerprint density at radius 2 is 1.87 bits per heavy atom. The molecule has 166 valence electrons. The van der Waals surface area contributed by atoms with Gasteiger partial charge in [0.05, 0.1) is 19.1 Å². The summed E-state index contributed by atoms with van der Waals surface area (Å²) in [5.41, 5.74) is 1.15. The molecule has 1 aromatic heterocycles. The predicted octanol–water partition coefficient (Wildman–Crippen LogP) is 3.30. The first kappa shape index (κ1) is 26.0. The number of methoxy groups -OCH3 is 2. The van der Waals surface area contributed by atoms with Gasteiger partial charge in [-0.3, -0.25) is 9.79 Å². The molecule has 0 unspecified atom stereocenters. The maximum atomic E-state index is 11.9. The van der Waals surface area contributed by atoms with E-state index in [0.717, 1.165) is 53.8 Å². The molecule has 0 aliphatic carbocycles. The van der Waals surface area contributed by atoms with Crippen LogP contribution in [0.3, 0.4) is 0 Å². The average molecular weight is 546 g/mol. The number of thiophene rings is 1. The molecule has 0 atom stereocenters. The molecule has 0 fully saturated rings. The minimum Gasteiger partial charge on any atom is -0.493 e. The normalized spacial score (nSPS) is 10.7. The fourth-order valence-electron chi connectivity index (χ4n) is 2.67. The second-order valence-electron chi connectivity index (χ2n) is 6.21. The summed E-state index contributed by atoms with van der Waals surface area (Å²) in [5, 5.41) is 11.4. The van der Waals surface area contributed by atoms with Crippen molar-refractivity contribution in [3.05, 3.63) is 46.2 Å². The lowest BCUT2D eigenvalue weighted by Crippen LogP contribution is -2.38. The lowest BCUT2D eigenvalue weighted by Gasteiger charge is -2.13. The lowest BCUT2D eigenvalue weighted by atomic mass is 10.1. The Morgan fingerprint density at radius 1 is 1.07 bits per heavy atom. The van der Waals surface area contributed by atoms with Crippen LogP contribution in [-0.4, -0.2) is 52.3 Å². The molecule has 1 heterocycles. The molecule has 0 radical (unpaired) electrons. The Balaban J connectivity index is 0.00000450. The third kappa shape index (κ3) is 8.78. The second-order valence-corrected chi connectivity index (χ2v) is 7.16. The molecule has 7 nitrogen and oxygen atoms in total. The van der Waals surface area contributed by atoms with Crippen molar-refractivity contribution in [1.82, 2.24) is 16.0 Å². The van der Waals surface area contributed by atoms with Crippen LogP contribution in [0.15, 0.2) is 40.7 Å². The number of hydrogen-bond acceptors (Lipinski definition) is 5. The first-order valence-corrected chi connectivity index (χ1v) is 10.6. The highest BCUT2D eigenvalue weighted by Crippen LogP contribution is 2.27. The quantitative estimate of drug-likeness (QED) is 0.174. The van der Waals surface area contributed by atoms with Crippen molar-refractivity contribution in [2.24, 2.45) is 4.99 Å². The number of amides is 1. The number of halogens is 1. The van der Waals surface area contributed by atoms with Crippen molar-refractivity contribution in [3.63, 3.8) is 0 Å². The standard InChI is InChI=1S/C21H30N4O3S.HI/c1-4-22-21(24-12-6-11-23-20(26)19-7-5-14-29-19)25-13-10-16-8-9-17(27-2)18(15-16)28-3;/h5,7-9,14-15H,4,6,10-13H2,1-3H3,(H,23,26)(H2,22,24,25);1H. The number of nitrogens with one attached hydrogen (secondary N) is 3. The second kappa shape index (κ2) is 14.9. The van der Waals surface area contributed by atoms with Crippen molar-refractivity contribution in [3.8, 4) is 11.5 Å². The lowest BCUT2D eigenvalue weighted by molar-refractivity contribution is 0.0957. The van der Waals surface area contributed by atoms with E-state index in [2.05, 4.69) is 20.9 Å². The summed E-state index contributed by atoms with van der Waals surface area (Å²) < 4.78 is 10.6. The topological polar surface area (TPSA) is 84.0 Å². The van der Waals surface area contributed by atoms with Crippen LogP contribution in [0.25, 0.3) is 0 Å². The molecule has 30 heavy (non-hydrogen) atoms. The van der Waals surface area contributed by atoms with Gasteiger partial charge in [0.15, 0.2) is 17.5 Å². The molecule has 2 aromatic rings. The number of guanidine groups is 1. The molecule has 3 N–H and O–H groups in total. The van der Waals surface area contributed by atoms with Gasteiger partial charge in [0.1, 0.15) is 0 Å². The maximum absolute atomic E-state index is 11.9. The van der Waals surface area contributed by atoms with Crippen molar-refractivity contribution in [2.45, 2.75) is 19.8 Å².